The van der Waals surface area contributed by atoms with Crippen LogP contribution in [0.3, 0.4) is 0 Å². The third-order valence-corrected chi connectivity index (χ3v) is 5.52. The van der Waals surface area contributed by atoms with Gasteiger partial charge in [-0.25, -0.2) is 0 Å². The molecule has 0 aliphatic rings. The molecular weight excluding hydrogens is 412 g/mol. The average molecular weight is 445 g/mol. The average Bonchev–Trinajstić information content (AvgIpc) is 2.77. The van der Waals surface area contributed by atoms with Gasteiger partial charge < -0.3 is 15.4 Å². The number of hydrogen-bond donors (Lipinski definition) is 2. The number of methoxy groups -OCH3 is 1. The third-order valence-electron chi connectivity index (χ3n) is 5.52. The molecule has 0 unspecified atom stereocenters. The van der Waals surface area contributed by atoms with Crippen molar-refractivity contribution in [1.29, 1.82) is 0 Å². The second kappa shape index (κ2) is 10.3. The first-order valence-corrected chi connectivity index (χ1v) is 11.1. The lowest BCUT2D eigenvalue weighted by atomic mass is 9.87. The fourth-order valence-corrected chi connectivity index (χ4v) is 3.58. The van der Waals surface area contributed by atoms with Crippen molar-refractivity contribution >= 4 is 23.2 Å². The van der Waals surface area contributed by atoms with E-state index in [9.17, 15) is 9.59 Å². The quantitative estimate of drug-likeness (QED) is 0.461. The molecule has 0 aliphatic heterocycles. The molecule has 3 aromatic carbocycles. The minimum absolute atomic E-state index is 0.0355. The summed E-state index contributed by atoms with van der Waals surface area (Å²) in [6, 6.07) is 20.7. The number of nitrogens with one attached hydrogen (secondary N) is 2. The molecule has 0 spiro atoms. The summed E-state index contributed by atoms with van der Waals surface area (Å²) in [6.45, 7) is 8.40. The summed E-state index contributed by atoms with van der Waals surface area (Å²) in [5, 5.41) is 5.81. The van der Waals surface area contributed by atoms with Crippen LogP contribution < -0.4 is 15.4 Å². The smallest absolute Gasteiger partial charge is 0.255 e. The molecule has 5 nitrogen and oxygen atoms in total. The van der Waals surface area contributed by atoms with Crippen LogP contribution in [-0.2, 0) is 16.6 Å². The fourth-order valence-electron chi connectivity index (χ4n) is 3.58. The molecule has 0 aromatic heterocycles. The van der Waals surface area contributed by atoms with Crippen molar-refractivity contribution in [3.8, 4) is 5.75 Å². The number of hydrogen-bond acceptors (Lipinski definition) is 3. The van der Waals surface area contributed by atoms with E-state index in [4.69, 9.17) is 4.74 Å². The van der Waals surface area contributed by atoms with Crippen LogP contribution in [0.4, 0.5) is 11.4 Å². The van der Waals surface area contributed by atoms with E-state index in [0.717, 1.165) is 16.9 Å². The van der Waals surface area contributed by atoms with Gasteiger partial charge in [-0.2, -0.15) is 0 Å². The molecule has 33 heavy (non-hydrogen) atoms. The van der Waals surface area contributed by atoms with Crippen LogP contribution in [0.1, 0.15) is 54.2 Å². The number of carbonyl (C=O) groups excluding carboxylic acids is 2. The number of anilines is 2. The van der Waals surface area contributed by atoms with Gasteiger partial charge in [0.2, 0.25) is 5.91 Å². The predicted molar refractivity (Wildman–Crippen MR) is 134 cm³/mol. The molecule has 0 heterocycles. The first-order chi connectivity index (χ1) is 15.7. The van der Waals surface area contributed by atoms with Crippen molar-refractivity contribution in [1.82, 2.24) is 0 Å². The van der Waals surface area contributed by atoms with E-state index in [1.54, 1.807) is 25.3 Å². The van der Waals surface area contributed by atoms with Crippen LogP contribution in [0.15, 0.2) is 66.7 Å². The second-order valence-electron chi connectivity index (χ2n) is 9.21. The van der Waals surface area contributed by atoms with Gasteiger partial charge in [-0.05, 0) is 71.8 Å². The fraction of sp³-hybridized carbons (Fsp3) is 0.286. The van der Waals surface area contributed by atoms with Gasteiger partial charge in [0.15, 0.2) is 0 Å². The molecule has 2 N–H and O–H groups in total. The van der Waals surface area contributed by atoms with Gasteiger partial charge >= 0.3 is 0 Å². The van der Waals surface area contributed by atoms with Gasteiger partial charge in [0.05, 0.1) is 7.11 Å². The van der Waals surface area contributed by atoms with Crippen molar-refractivity contribution in [2.24, 2.45) is 0 Å². The lowest BCUT2D eigenvalue weighted by molar-refractivity contribution is -0.116. The summed E-state index contributed by atoms with van der Waals surface area (Å²) >= 11 is 0. The molecule has 0 radical (unpaired) electrons. The minimum Gasteiger partial charge on any atom is -0.496 e. The molecular formula is C28H32N2O3. The number of carbonyl (C=O) groups is 2. The van der Waals surface area contributed by atoms with Crippen LogP contribution in [0.5, 0.6) is 5.75 Å². The third kappa shape index (κ3) is 6.69. The van der Waals surface area contributed by atoms with E-state index < -0.39 is 0 Å². The molecule has 0 fully saturated rings. The van der Waals surface area contributed by atoms with Crippen LogP contribution in [0.25, 0.3) is 0 Å². The first-order valence-electron chi connectivity index (χ1n) is 11.1. The maximum absolute atomic E-state index is 12.6. The summed E-state index contributed by atoms with van der Waals surface area (Å²) in [7, 11) is 1.65. The zero-order valence-corrected chi connectivity index (χ0v) is 20.0. The summed E-state index contributed by atoms with van der Waals surface area (Å²) in [4.78, 5) is 25.1. The highest BCUT2D eigenvalue weighted by Crippen LogP contribution is 2.23. The van der Waals surface area contributed by atoms with Crippen molar-refractivity contribution in [2.75, 3.05) is 17.7 Å². The van der Waals surface area contributed by atoms with Crippen LogP contribution in [0, 0.1) is 6.92 Å². The molecule has 0 saturated carbocycles. The summed E-state index contributed by atoms with van der Waals surface area (Å²) in [5.74, 6) is 0.575. The van der Waals surface area contributed by atoms with Crippen LogP contribution in [-0.4, -0.2) is 18.9 Å². The van der Waals surface area contributed by atoms with Crippen molar-refractivity contribution in [3.63, 3.8) is 0 Å². The maximum atomic E-state index is 12.6. The number of ether oxygens (including phenoxy) is 1. The van der Waals surface area contributed by atoms with Crippen LogP contribution in [0.2, 0.25) is 0 Å². The Morgan fingerprint density at radius 3 is 2.15 bits per heavy atom. The Morgan fingerprint density at radius 1 is 0.879 bits per heavy atom. The minimum atomic E-state index is -0.186. The van der Waals surface area contributed by atoms with Gasteiger partial charge in [0.25, 0.3) is 5.91 Å². The zero-order valence-electron chi connectivity index (χ0n) is 20.0. The topological polar surface area (TPSA) is 67.4 Å². The first kappa shape index (κ1) is 24.1. The molecule has 3 aromatic rings. The molecule has 0 saturated heterocycles. The number of amides is 2. The molecule has 2 amide bonds. The van der Waals surface area contributed by atoms with Gasteiger partial charge in [0.1, 0.15) is 5.75 Å². The lowest BCUT2D eigenvalue weighted by Crippen LogP contribution is -2.15. The van der Waals surface area contributed by atoms with E-state index >= 15 is 0 Å². The predicted octanol–water partition coefficient (Wildman–Crippen LogP) is 6.12. The van der Waals surface area contributed by atoms with Gasteiger partial charge in [-0.15, -0.1) is 0 Å². The summed E-state index contributed by atoms with van der Waals surface area (Å²) in [5.41, 5.74) is 5.21. The van der Waals surface area contributed by atoms with Crippen molar-refractivity contribution < 1.29 is 14.3 Å². The number of aryl methyl sites for hydroxylation is 2. The Labute approximate surface area is 196 Å². The zero-order chi connectivity index (χ0) is 24.0. The normalized spacial score (nSPS) is 11.1. The number of benzene rings is 3. The Morgan fingerprint density at radius 2 is 1.55 bits per heavy atom. The Bertz CT molecular complexity index is 1130. The maximum Gasteiger partial charge on any atom is 0.255 e. The van der Waals surface area contributed by atoms with Gasteiger partial charge in [-0.1, -0.05) is 51.1 Å². The lowest BCUT2D eigenvalue weighted by Gasteiger charge is -2.19. The second-order valence-corrected chi connectivity index (χ2v) is 9.21. The Balaban J connectivity index is 1.57. The van der Waals surface area contributed by atoms with Gasteiger partial charge in [-0.3, -0.25) is 9.59 Å². The molecule has 172 valence electrons. The van der Waals surface area contributed by atoms with Crippen LogP contribution >= 0.6 is 0 Å². The SMILES string of the molecule is COc1ccc(CCC(=O)Nc2cccc(NC(=O)c3ccc(C(C)(C)C)cc3)c2)cc1C. The molecule has 0 atom stereocenters. The summed E-state index contributed by atoms with van der Waals surface area (Å²) in [6.07, 6.45) is 1.00. The van der Waals surface area contributed by atoms with E-state index in [2.05, 4.69) is 31.4 Å². The standard InChI is InChI=1S/C28H32N2O3/c1-19-17-20(9-15-25(19)33-5)10-16-26(31)29-23-7-6-8-24(18-23)30-27(32)21-11-13-22(14-12-21)28(2,3)4/h6-9,11-15,17-18H,10,16H2,1-5H3,(H,29,31)(H,30,32). The highest BCUT2D eigenvalue weighted by atomic mass is 16.5. The molecule has 0 bridgehead atoms. The monoisotopic (exact) mass is 444 g/mol. The molecule has 5 heteroatoms. The number of rotatable bonds is 7. The summed E-state index contributed by atoms with van der Waals surface area (Å²) < 4.78 is 5.28. The van der Waals surface area contributed by atoms with E-state index in [0.29, 0.717) is 29.8 Å². The van der Waals surface area contributed by atoms with Crippen molar-refractivity contribution in [3.05, 3.63) is 89.0 Å². The van der Waals surface area contributed by atoms with E-state index in [-0.39, 0.29) is 17.2 Å². The van der Waals surface area contributed by atoms with Crippen molar-refractivity contribution in [2.45, 2.75) is 46.0 Å². The molecule has 0 aliphatic carbocycles. The highest BCUT2D eigenvalue weighted by Gasteiger charge is 2.14. The van der Waals surface area contributed by atoms with E-state index in [1.165, 1.54) is 5.56 Å². The Kier molecular flexibility index (Phi) is 7.54. The highest BCUT2D eigenvalue weighted by molar-refractivity contribution is 6.04. The Hall–Kier alpha value is -3.60. The largest absolute Gasteiger partial charge is 0.496 e. The van der Waals surface area contributed by atoms with E-state index in [1.807, 2.05) is 55.5 Å². The van der Waals surface area contributed by atoms with Gasteiger partial charge in [0, 0.05) is 23.4 Å². The molecule has 3 rings (SSSR count).